The van der Waals surface area contributed by atoms with Gasteiger partial charge in [-0.3, -0.25) is 14.4 Å². The minimum absolute atomic E-state index is 0.0370. The molecule has 0 bridgehead atoms. The lowest BCUT2D eigenvalue weighted by molar-refractivity contribution is -0.132. The maximum atomic E-state index is 12.3. The van der Waals surface area contributed by atoms with E-state index in [1.165, 1.54) is 6.92 Å². The van der Waals surface area contributed by atoms with Gasteiger partial charge in [-0.2, -0.15) is 11.3 Å². The summed E-state index contributed by atoms with van der Waals surface area (Å²) in [5.41, 5.74) is 6.35. The van der Waals surface area contributed by atoms with Crippen LogP contribution in [0.15, 0.2) is 16.8 Å². The van der Waals surface area contributed by atoms with E-state index in [0.29, 0.717) is 19.5 Å². The molecule has 1 aliphatic heterocycles. The second-order valence-electron chi connectivity index (χ2n) is 5.21. The zero-order chi connectivity index (χ0) is 15.4. The molecule has 21 heavy (non-hydrogen) atoms. The van der Waals surface area contributed by atoms with Gasteiger partial charge in [0.1, 0.15) is 0 Å². The second kappa shape index (κ2) is 6.71. The number of primary amides is 1. The predicted octanol–water partition coefficient (Wildman–Crippen LogP) is 0.0828. The number of carbonyl (C=O) groups is 3. The Morgan fingerprint density at radius 2 is 1.95 bits per heavy atom. The van der Waals surface area contributed by atoms with Crippen LogP contribution in [0.4, 0.5) is 0 Å². The molecule has 0 spiro atoms. The molecule has 0 unspecified atom stereocenters. The van der Waals surface area contributed by atoms with Crippen LogP contribution in [0.3, 0.4) is 0 Å². The van der Waals surface area contributed by atoms with Gasteiger partial charge < -0.3 is 15.5 Å². The molecular formula is C14H19N3O3S. The summed E-state index contributed by atoms with van der Waals surface area (Å²) in [6, 6.07) is 1.91. The van der Waals surface area contributed by atoms with Crippen molar-refractivity contribution in [1.29, 1.82) is 0 Å². The van der Waals surface area contributed by atoms with Crippen molar-refractivity contribution in [2.45, 2.75) is 13.3 Å². The van der Waals surface area contributed by atoms with Crippen LogP contribution in [0.25, 0.3) is 0 Å². The maximum absolute atomic E-state index is 12.3. The zero-order valence-corrected chi connectivity index (χ0v) is 12.8. The molecule has 0 aliphatic carbocycles. The summed E-state index contributed by atoms with van der Waals surface area (Å²) in [5.74, 6) is -1.13. The molecule has 1 aromatic heterocycles. The first-order valence-corrected chi connectivity index (χ1v) is 7.75. The minimum atomic E-state index is -0.511. The van der Waals surface area contributed by atoms with Crippen molar-refractivity contribution >= 4 is 29.1 Å². The average Bonchev–Trinajstić information content (AvgIpc) is 2.80. The van der Waals surface area contributed by atoms with Gasteiger partial charge in [0, 0.05) is 33.1 Å². The summed E-state index contributed by atoms with van der Waals surface area (Å²) >= 11 is 1.54. The highest BCUT2D eigenvalue weighted by Crippen LogP contribution is 2.13. The topological polar surface area (TPSA) is 83.7 Å². The molecular weight excluding hydrogens is 290 g/mol. The van der Waals surface area contributed by atoms with Crippen LogP contribution in [-0.4, -0.2) is 53.7 Å². The highest BCUT2D eigenvalue weighted by atomic mass is 32.1. The first kappa shape index (κ1) is 15.5. The minimum Gasteiger partial charge on any atom is -0.369 e. The summed E-state index contributed by atoms with van der Waals surface area (Å²) in [6.07, 6.45) is 0.315. The standard InChI is InChI=1S/C14H19N3O3S/c1-10(18)16-3-4-17(8-12(7-16)14(15)20)13(19)6-11-2-5-21-9-11/h2,5,9,12H,3-4,6-8H2,1H3,(H2,15,20)/t12-/m1/s1. The van der Waals surface area contributed by atoms with Crippen LogP contribution in [0.2, 0.25) is 0 Å². The Balaban J connectivity index is 2.06. The molecule has 1 fully saturated rings. The first-order chi connectivity index (χ1) is 9.97. The lowest BCUT2D eigenvalue weighted by Crippen LogP contribution is -2.41. The molecule has 1 saturated heterocycles. The Morgan fingerprint density at radius 3 is 2.52 bits per heavy atom. The monoisotopic (exact) mass is 309 g/mol. The first-order valence-electron chi connectivity index (χ1n) is 6.81. The smallest absolute Gasteiger partial charge is 0.227 e. The van der Waals surface area contributed by atoms with E-state index in [4.69, 9.17) is 5.73 Å². The summed E-state index contributed by atoms with van der Waals surface area (Å²) in [4.78, 5) is 38.6. The van der Waals surface area contributed by atoms with Gasteiger partial charge in [0.2, 0.25) is 17.7 Å². The van der Waals surface area contributed by atoms with Crippen LogP contribution in [0.5, 0.6) is 0 Å². The molecule has 3 amide bonds. The zero-order valence-electron chi connectivity index (χ0n) is 11.9. The molecule has 1 atom stereocenters. The third-order valence-corrected chi connectivity index (χ3v) is 4.39. The van der Waals surface area contributed by atoms with E-state index in [-0.39, 0.29) is 24.9 Å². The van der Waals surface area contributed by atoms with Crippen LogP contribution in [0, 0.1) is 5.92 Å². The van der Waals surface area contributed by atoms with Gasteiger partial charge in [0.05, 0.1) is 12.3 Å². The van der Waals surface area contributed by atoms with Crippen LogP contribution in [0.1, 0.15) is 12.5 Å². The molecule has 6 nitrogen and oxygen atoms in total. The molecule has 0 aromatic carbocycles. The predicted molar refractivity (Wildman–Crippen MR) is 79.5 cm³/mol. The summed E-state index contributed by atoms with van der Waals surface area (Å²) < 4.78 is 0. The molecule has 0 radical (unpaired) electrons. The van der Waals surface area contributed by atoms with Gasteiger partial charge >= 0.3 is 0 Å². The lowest BCUT2D eigenvalue weighted by Gasteiger charge is -2.22. The lowest BCUT2D eigenvalue weighted by atomic mass is 10.1. The molecule has 114 valence electrons. The molecule has 2 N–H and O–H groups in total. The Bertz CT molecular complexity index is 530. The van der Waals surface area contributed by atoms with E-state index in [0.717, 1.165) is 5.56 Å². The number of hydrogen-bond acceptors (Lipinski definition) is 4. The fraction of sp³-hybridized carbons (Fsp3) is 0.500. The summed E-state index contributed by atoms with van der Waals surface area (Å²) in [6.45, 7) is 2.90. The van der Waals surface area contributed by atoms with Crippen molar-refractivity contribution in [2.24, 2.45) is 11.7 Å². The van der Waals surface area contributed by atoms with Crippen molar-refractivity contribution in [1.82, 2.24) is 9.80 Å². The summed E-state index contributed by atoms with van der Waals surface area (Å²) in [5, 5.41) is 3.86. The van der Waals surface area contributed by atoms with Gasteiger partial charge in [0.25, 0.3) is 0 Å². The fourth-order valence-electron chi connectivity index (χ4n) is 2.39. The average molecular weight is 309 g/mol. The van der Waals surface area contributed by atoms with Crippen molar-refractivity contribution in [3.63, 3.8) is 0 Å². The highest BCUT2D eigenvalue weighted by Gasteiger charge is 2.29. The SMILES string of the molecule is CC(=O)N1CCN(C(=O)Cc2ccsc2)C[C@H](C(N)=O)C1. The quantitative estimate of drug-likeness (QED) is 0.858. The fourth-order valence-corrected chi connectivity index (χ4v) is 3.05. The van der Waals surface area contributed by atoms with Gasteiger partial charge in [-0.15, -0.1) is 0 Å². The van der Waals surface area contributed by atoms with Crippen molar-refractivity contribution in [2.75, 3.05) is 26.2 Å². The van der Waals surface area contributed by atoms with E-state index >= 15 is 0 Å². The van der Waals surface area contributed by atoms with E-state index in [9.17, 15) is 14.4 Å². The highest BCUT2D eigenvalue weighted by molar-refractivity contribution is 7.07. The largest absolute Gasteiger partial charge is 0.369 e. The Morgan fingerprint density at radius 1 is 1.29 bits per heavy atom. The van der Waals surface area contributed by atoms with Crippen molar-refractivity contribution < 1.29 is 14.4 Å². The van der Waals surface area contributed by atoms with E-state index in [1.54, 1.807) is 21.1 Å². The molecule has 2 rings (SSSR count). The van der Waals surface area contributed by atoms with Crippen molar-refractivity contribution in [3.8, 4) is 0 Å². The number of nitrogens with zero attached hydrogens (tertiary/aromatic N) is 2. The normalized spacial score (nSPS) is 19.2. The summed E-state index contributed by atoms with van der Waals surface area (Å²) in [7, 11) is 0. The molecule has 1 aromatic rings. The Kier molecular flexibility index (Phi) is 4.95. The second-order valence-corrected chi connectivity index (χ2v) is 5.99. The van der Waals surface area contributed by atoms with Crippen LogP contribution >= 0.6 is 11.3 Å². The number of nitrogens with two attached hydrogens (primary N) is 1. The maximum Gasteiger partial charge on any atom is 0.227 e. The number of thiophene rings is 1. The Labute approximate surface area is 127 Å². The van der Waals surface area contributed by atoms with E-state index in [2.05, 4.69) is 0 Å². The molecule has 2 heterocycles. The number of hydrogen-bond donors (Lipinski definition) is 1. The van der Waals surface area contributed by atoms with E-state index in [1.807, 2.05) is 16.8 Å². The van der Waals surface area contributed by atoms with Crippen LogP contribution < -0.4 is 5.73 Å². The van der Waals surface area contributed by atoms with Crippen LogP contribution in [-0.2, 0) is 20.8 Å². The molecule has 0 saturated carbocycles. The molecule has 7 heteroatoms. The van der Waals surface area contributed by atoms with Crippen molar-refractivity contribution in [3.05, 3.63) is 22.4 Å². The number of rotatable bonds is 3. The van der Waals surface area contributed by atoms with E-state index < -0.39 is 11.8 Å². The Hall–Kier alpha value is -1.89. The van der Waals surface area contributed by atoms with Gasteiger partial charge in [-0.05, 0) is 22.4 Å². The third kappa shape index (κ3) is 4.04. The number of amides is 3. The van der Waals surface area contributed by atoms with Gasteiger partial charge in [-0.1, -0.05) is 0 Å². The molecule has 1 aliphatic rings. The number of carbonyl (C=O) groups excluding carboxylic acids is 3. The van der Waals surface area contributed by atoms with Gasteiger partial charge in [-0.25, -0.2) is 0 Å². The third-order valence-electron chi connectivity index (χ3n) is 3.66. The van der Waals surface area contributed by atoms with Gasteiger partial charge in [0.15, 0.2) is 0 Å².